The van der Waals surface area contributed by atoms with Gasteiger partial charge in [-0.05, 0) is 128 Å². The molecule has 0 radical (unpaired) electrons. The maximum absolute atomic E-state index is 12.7. The third kappa shape index (κ3) is 9.72. The molecule has 0 saturated heterocycles. The summed E-state index contributed by atoms with van der Waals surface area (Å²) in [4.78, 5) is 36.8. The molecule has 0 unspecified atom stereocenters. The average molecular weight is 693 g/mol. The van der Waals surface area contributed by atoms with Crippen LogP contribution in [0, 0.1) is 11.8 Å². The van der Waals surface area contributed by atoms with Gasteiger partial charge in [0.25, 0.3) is 0 Å². The number of hydrogen-bond acceptors (Lipinski definition) is 8. The first-order valence-electron chi connectivity index (χ1n) is 17.7. The molecule has 0 bridgehead atoms. The van der Waals surface area contributed by atoms with E-state index in [0.717, 1.165) is 79.2 Å². The maximum atomic E-state index is 12.7. The minimum Gasteiger partial charge on any atom is -0.459 e. The Morgan fingerprint density at radius 2 is 1.18 bits per heavy atom. The molecule has 2 saturated carbocycles. The van der Waals surface area contributed by atoms with E-state index in [4.69, 9.17) is 18.9 Å². The highest BCUT2D eigenvalue weighted by molar-refractivity contribution is 5.90. The molecule has 0 amide bonds. The molecule has 3 aromatic rings. The Hall–Kier alpha value is -4.79. The molecule has 5 rings (SSSR count). The minimum absolute atomic E-state index is 0.0107. The molecular formula is C43H48O8. The van der Waals surface area contributed by atoms with Crippen molar-refractivity contribution in [3.05, 3.63) is 109 Å². The van der Waals surface area contributed by atoms with Crippen LogP contribution in [0.5, 0.6) is 11.5 Å². The Kier molecular flexibility index (Phi) is 12.8. The SMILES string of the molecule is C=C(C)C(=O)OC1CCC(C2CCC(c3cc(-c4ccc(-c5ccc(OC(=O)C(=C)COC)cc5)cc4)ccc3OC(=O)C(=C)CO)CC2)CC1. The third-order valence-corrected chi connectivity index (χ3v) is 10.1. The van der Waals surface area contributed by atoms with Crippen molar-refractivity contribution in [2.75, 3.05) is 20.3 Å². The van der Waals surface area contributed by atoms with Crippen LogP contribution < -0.4 is 9.47 Å². The second-order valence-corrected chi connectivity index (χ2v) is 13.8. The van der Waals surface area contributed by atoms with Gasteiger partial charge >= 0.3 is 17.9 Å². The first kappa shape index (κ1) is 37.5. The molecule has 3 aromatic carbocycles. The highest BCUT2D eigenvalue weighted by atomic mass is 16.5. The van der Waals surface area contributed by atoms with Gasteiger partial charge in [0.1, 0.15) is 17.6 Å². The number of carbonyl (C=O) groups is 3. The molecule has 268 valence electrons. The maximum Gasteiger partial charge on any atom is 0.341 e. The largest absolute Gasteiger partial charge is 0.459 e. The Labute approximate surface area is 300 Å². The zero-order valence-electron chi connectivity index (χ0n) is 29.7. The summed E-state index contributed by atoms with van der Waals surface area (Å²) in [6, 6.07) is 21.5. The fourth-order valence-corrected chi connectivity index (χ4v) is 7.19. The quantitative estimate of drug-likeness (QED) is 0.108. The molecule has 0 atom stereocenters. The van der Waals surface area contributed by atoms with Crippen LogP contribution in [0.2, 0.25) is 0 Å². The van der Waals surface area contributed by atoms with Gasteiger partial charge in [-0.1, -0.05) is 62.2 Å². The summed E-state index contributed by atoms with van der Waals surface area (Å²) in [6.45, 7) is 12.4. The lowest BCUT2D eigenvalue weighted by atomic mass is 9.69. The molecule has 0 spiro atoms. The smallest absolute Gasteiger partial charge is 0.341 e. The summed E-state index contributed by atoms with van der Waals surface area (Å²) in [5, 5.41) is 9.47. The number of rotatable bonds is 13. The van der Waals surface area contributed by atoms with Crippen LogP contribution in [0.4, 0.5) is 0 Å². The number of esters is 3. The van der Waals surface area contributed by atoms with E-state index in [1.807, 2.05) is 24.3 Å². The van der Waals surface area contributed by atoms with Crippen molar-refractivity contribution < 1.29 is 38.4 Å². The van der Waals surface area contributed by atoms with Gasteiger partial charge in [-0.15, -0.1) is 0 Å². The predicted molar refractivity (Wildman–Crippen MR) is 197 cm³/mol. The zero-order valence-corrected chi connectivity index (χ0v) is 29.7. The van der Waals surface area contributed by atoms with Crippen molar-refractivity contribution in [2.45, 2.75) is 70.3 Å². The summed E-state index contributed by atoms with van der Waals surface area (Å²) >= 11 is 0. The lowest BCUT2D eigenvalue weighted by Crippen LogP contribution is -2.29. The monoisotopic (exact) mass is 692 g/mol. The third-order valence-electron chi connectivity index (χ3n) is 10.1. The van der Waals surface area contributed by atoms with E-state index < -0.39 is 18.5 Å². The summed E-state index contributed by atoms with van der Waals surface area (Å²) in [5.41, 5.74) is 5.71. The van der Waals surface area contributed by atoms with Gasteiger partial charge < -0.3 is 24.1 Å². The van der Waals surface area contributed by atoms with E-state index in [9.17, 15) is 19.5 Å². The van der Waals surface area contributed by atoms with Crippen molar-refractivity contribution in [3.8, 4) is 33.8 Å². The number of carbonyl (C=O) groups excluding carboxylic acids is 3. The van der Waals surface area contributed by atoms with Crippen molar-refractivity contribution >= 4 is 17.9 Å². The van der Waals surface area contributed by atoms with Crippen LogP contribution in [0.15, 0.2) is 103 Å². The normalized spacial score (nSPS) is 20.1. The van der Waals surface area contributed by atoms with Gasteiger partial charge in [0.2, 0.25) is 0 Å². The van der Waals surface area contributed by atoms with E-state index in [1.54, 1.807) is 19.1 Å². The number of methoxy groups -OCH3 is 1. The van der Waals surface area contributed by atoms with Crippen LogP contribution in [-0.2, 0) is 23.9 Å². The first-order chi connectivity index (χ1) is 24.6. The van der Waals surface area contributed by atoms with Crippen LogP contribution in [0.25, 0.3) is 22.3 Å². The molecule has 0 aliphatic heterocycles. The molecule has 8 nitrogen and oxygen atoms in total. The van der Waals surface area contributed by atoms with Crippen molar-refractivity contribution in [1.82, 2.24) is 0 Å². The Balaban J connectivity index is 1.27. The van der Waals surface area contributed by atoms with Crippen molar-refractivity contribution in [1.29, 1.82) is 0 Å². The summed E-state index contributed by atoms with van der Waals surface area (Å²) in [5.74, 6) is 0.935. The molecule has 2 aliphatic carbocycles. The lowest BCUT2D eigenvalue weighted by molar-refractivity contribution is -0.146. The zero-order chi connectivity index (χ0) is 36.5. The molecule has 2 fully saturated rings. The summed E-state index contributed by atoms with van der Waals surface area (Å²) in [6.07, 6.45) is 8.02. The Morgan fingerprint density at radius 3 is 1.73 bits per heavy atom. The summed E-state index contributed by atoms with van der Waals surface area (Å²) in [7, 11) is 1.50. The van der Waals surface area contributed by atoms with Gasteiger partial charge in [0.15, 0.2) is 0 Å². The molecular weight excluding hydrogens is 644 g/mol. The predicted octanol–water partition coefficient (Wildman–Crippen LogP) is 8.53. The number of aliphatic hydroxyl groups is 1. The Bertz CT molecular complexity index is 1740. The van der Waals surface area contributed by atoms with Crippen LogP contribution in [-0.4, -0.2) is 49.4 Å². The van der Waals surface area contributed by atoms with E-state index in [1.165, 1.54) is 7.11 Å². The van der Waals surface area contributed by atoms with E-state index in [-0.39, 0.29) is 35.7 Å². The number of ether oxygens (including phenoxy) is 4. The molecule has 0 heterocycles. The van der Waals surface area contributed by atoms with Gasteiger partial charge in [0.05, 0.1) is 24.4 Å². The first-order valence-corrected chi connectivity index (χ1v) is 17.7. The van der Waals surface area contributed by atoms with Crippen LogP contribution in [0.3, 0.4) is 0 Å². The van der Waals surface area contributed by atoms with Gasteiger partial charge in [-0.25, -0.2) is 14.4 Å². The number of benzene rings is 3. The second-order valence-electron chi connectivity index (χ2n) is 13.8. The fourth-order valence-electron chi connectivity index (χ4n) is 7.19. The van der Waals surface area contributed by atoms with E-state index in [2.05, 4.69) is 50.1 Å². The van der Waals surface area contributed by atoms with Gasteiger partial charge in [0, 0.05) is 12.7 Å². The standard InChI is InChI=1S/C43H48O8/c1-27(2)41(45)49-37-19-14-33(15-20-37)31-10-12-35(13-11-31)39-24-36(18-23-40(39)51-42(46)28(3)25-44)34-8-6-30(7-9-34)32-16-21-38(22-17-32)50-43(47)29(4)26-48-5/h6-9,16-18,21-24,31,33,35,37,44H,1,3-4,10-15,19-20,25-26H2,2,5H3. The van der Waals surface area contributed by atoms with Gasteiger partial charge in [-0.3, -0.25) is 0 Å². The average Bonchev–Trinajstić information content (AvgIpc) is 3.15. The fraction of sp³-hybridized carbons (Fsp3) is 0.372. The lowest BCUT2D eigenvalue weighted by Gasteiger charge is -2.38. The number of aliphatic hydroxyl groups excluding tert-OH is 1. The highest BCUT2D eigenvalue weighted by Crippen LogP contribution is 2.46. The molecule has 8 heteroatoms. The Morgan fingerprint density at radius 1 is 0.667 bits per heavy atom. The molecule has 0 aromatic heterocycles. The van der Waals surface area contributed by atoms with Crippen LogP contribution in [0.1, 0.15) is 69.8 Å². The van der Waals surface area contributed by atoms with Crippen LogP contribution >= 0.6 is 0 Å². The van der Waals surface area contributed by atoms with Gasteiger partial charge in [-0.2, -0.15) is 0 Å². The molecule has 2 aliphatic rings. The topological polar surface area (TPSA) is 108 Å². The van der Waals surface area contributed by atoms with E-state index >= 15 is 0 Å². The van der Waals surface area contributed by atoms with Crippen molar-refractivity contribution in [2.24, 2.45) is 11.8 Å². The second kappa shape index (κ2) is 17.4. The number of hydrogen-bond donors (Lipinski definition) is 1. The highest BCUT2D eigenvalue weighted by Gasteiger charge is 2.33. The van der Waals surface area contributed by atoms with Crippen molar-refractivity contribution in [3.63, 3.8) is 0 Å². The summed E-state index contributed by atoms with van der Waals surface area (Å²) < 4.78 is 21.7. The minimum atomic E-state index is -0.630. The molecule has 1 N–H and O–H groups in total. The van der Waals surface area contributed by atoms with E-state index in [0.29, 0.717) is 28.9 Å². The molecule has 51 heavy (non-hydrogen) atoms.